The van der Waals surface area contributed by atoms with Crippen LogP contribution in [0.5, 0.6) is 0 Å². The van der Waals surface area contributed by atoms with E-state index in [4.69, 9.17) is 4.74 Å². The Morgan fingerprint density at radius 2 is 1.43 bits per heavy atom. The molecule has 0 bridgehead atoms. The first-order chi connectivity index (χ1) is 18.7. The van der Waals surface area contributed by atoms with E-state index < -0.39 is 0 Å². The summed E-state index contributed by atoms with van der Waals surface area (Å²) in [5, 5.41) is 11.1. The van der Waals surface area contributed by atoms with Crippen LogP contribution < -0.4 is 0 Å². The summed E-state index contributed by atoms with van der Waals surface area (Å²) < 4.78 is 6.75. The molecule has 0 aromatic rings. The quantitative estimate of drug-likeness (QED) is 0.289. The third kappa shape index (κ3) is 3.46. The predicted molar refractivity (Wildman–Crippen MR) is 163 cm³/mol. The van der Waals surface area contributed by atoms with E-state index in [0.717, 1.165) is 32.0 Å². The summed E-state index contributed by atoms with van der Waals surface area (Å²) in [5.41, 5.74) is 5.33. The molecule has 1 N–H and O–H groups in total. The van der Waals surface area contributed by atoms with E-state index in [9.17, 15) is 5.11 Å². The lowest BCUT2D eigenvalue weighted by Crippen LogP contribution is -2.65. The molecule has 2 saturated heterocycles. The van der Waals surface area contributed by atoms with Crippen molar-refractivity contribution in [3.8, 4) is 0 Å². The predicted octanol–water partition coefficient (Wildman–Crippen LogP) is 7.27. The molecule has 1 unspecified atom stereocenters. The van der Waals surface area contributed by atoms with Gasteiger partial charge in [0.2, 0.25) is 0 Å². The summed E-state index contributed by atoms with van der Waals surface area (Å²) in [6.45, 7) is 23.6. The molecule has 5 aliphatic carbocycles. The van der Waals surface area contributed by atoms with E-state index in [-0.39, 0.29) is 28.1 Å². The maximum absolute atomic E-state index is 11.1. The van der Waals surface area contributed by atoms with Crippen molar-refractivity contribution in [3.63, 3.8) is 0 Å². The zero-order valence-corrected chi connectivity index (χ0v) is 27.3. The molecule has 0 radical (unpaired) electrons. The van der Waals surface area contributed by atoms with Crippen molar-refractivity contribution in [3.05, 3.63) is 11.1 Å². The largest absolute Gasteiger partial charge is 0.393 e. The Kier molecular flexibility index (Phi) is 6.10. The van der Waals surface area contributed by atoms with Crippen LogP contribution in [0.2, 0.25) is 0 Å². The van der Waals surface area contributed by atoms with Crippen LogP contribution in [0.4, 0.5) is 0 Å². The minimum Gasteiger partial charge on any atom is -0.393 e. The minimum atomic E-state index is -0.143. The molecule has 4 nitrogen and oxygen atoms in total. The molecule has 0 amide bonds. The fourth-order valence-electron chi connectivity index (χ4n) is 12.9. The lowest BCUT2D eigenvalue weighted by molar-refractivity contribution is -0.206. The topological polar surface area (TPSA) is 39.2 Å². The summed E-state index contributed by atoms with van der Waals surface area (Å²) in [5.74, 6) is 1.39. The van der Waals surface area contributed by atoms with Crippen LogP contribution in [0, 0.1) is 44.3 Å². The normalized spacial score (nSPS) is 52.3. The highest BCUT2D eigenvalue weighted by Crippen LogP contribution is 2.77. The Labute approximate surface area is 245 Å². The van der Waals surface area contributed by atoms with Gasteiger partial charge in [-0.15, -0.1) is 0 Å². The summed E-state index contributed by atoms with van der Waals surface area (Å²) in [6.07, 6.45) is 13.9. The first-order valence-corrected chi connectivity index (χ1v) is 17.1. The van der Waals surface area contributed by atoms with Gasteiger partial charge in [-0.25, -0.2) is 0 Å². The zero-order valence-electron chi connectivity index (χ0n) is 27.3. The Morgan fingerprint density at radius 1 is 0.750 bits per heavy atom. The number of allylic oxidation sites excluding steroid dienone is 1. The molecule has 8 atom stereocenters. The third-order valence-corrected chi connectivity index (χ3v) is 15.7. The summed E-state index contributed by atoms with van der Waals surface area (Å²) in [4.78, 5) is 5.29. The molecule has 2 aliphatic heterocycles. The number of aliphatic hydroxyl groups is 1. The molecule has 6 fully saturated rings. The fraction of sp³-hybridized carbons (Fsp3) is 0.944. The van der Waals surface area contributed by atoms with Gasteiger partial charge >= 0.3 is 0 Å². The molecule has 4 heteroatoms. The first kappa shape index (κ1) is 28.4. The number of likely N-dealkylation sites (N-methyl/N-ethyl adjacent to an activating group) is 1. The second kappa shape index (κ2) is 8.60. The van der Waals surface area contributed by atoms with Gasteiger partial charge in [0.1, 0.15) is 0 Å². The van der Waals surface area contributed by atoms with Gasteiger partial charge in [-0.05, 0) is 117 Å². The molecule has 2 heterocycles. The molecule has 226 valence electrons. The van der Waals surface area contributed by atoms with Gasteiger partial charge in [0.25, 0.3) is 0 Å². The van der Waals surface area contributed by atoms with Crippen molar-refractivity contribution >= 4 is 0 Å². The Bertz CT molecular complexity index is 1080. The number of piperazine rings is 1. The van der Waals surface area contributed by atoms with E-state index in [2.05, 4.69) is 65.3 Å². The van der Waals surface area contributed by atoms with E-state index in [1.54, 1.807) is 0 Å². The van der Waals surface area contributed by atoms with Gasteiger partial charge in [-0.3, -0.25) is 4.90 Å². The van der Waals surface area contributed by atoms with Crippen molar-refractivity contribution in [2.24, 2.45) is 44.3 Å². The van der Waals surface area contributed by atoms with Crippen LogP contribution in [0.25, 0.3) is 0 Å². The number of nitrogens with zero attached hydrogens (tertiary/aromatic N) is 2. The average Bonchev–Trinajstić information content (AvgIpc) is 3.70. The van der Waals surface area contributed by atoms with Crippen LogP contribution in [0.3, 0.4) is 0 Å². The highest BCUT2D eigenvalue weighted by Gasteiger charge is 2.72. The standard InChI is InChI=1S/C36H60N2O2/c1-30(2)15-17-35(36(24-40-36)38-21-19-37(8)20-22-38)18-16-33(6)25(26(35)23-30)9-10-28-32(5)13-12-29(39)31(3,4)27(32)11-14-34(28,33)7/h27-29,39H,9-24H2,1-8H3/t27-,28+,29-,32-,33+,34+,35-,36?/m0/s1. The second-order valence-electron chi connectivity index (χ2n) is 18.1. The van der Waals surface area contributed by atoms with E-state index in [1.165, 1.54) is 77.3 Å². The number of hydrogen-bond donors (Lipinski definition) is 1. The van der Waals surface area contributed by atoms with Crippen LogP contribution in [0.1, 0.15) is 119 Å². The molecule has 4 saturated carbocycles. The molecular formula is C36H60N2O2. The SMILES string of the molecule is CN1CCN(C2([C@]34CCC(C)(C)CC3=C3CC[C@@H]5[C@@]6(C)CC[C@H](O)C(C)(C)[C@@H]6CC[C@@]5(C)[C@]3(C)CC4)CO2)CC1. The van der Waals surface area contributed by atoms with E-state index in [0.29, 0.717) is 22.2 Å². The Morgan fingerprint density at radius 3 is 2.10 bits per heavy atom. The second-order valence-corrected chi connectivity index (χ2v) is 18.1. The van der Waals surface area contributed by atoms with Crippen molar-refractivity contribution in [1.29, 1.82) is 0 Å². The Balaban J connectivity index is 1.31. The summed E-state index contributed by atoms with van der Waals surface area (Å²) >= 11 is 0. The van der Waals surface area contributed by atoms with Gasteiger partial charge in [0, 0.05) is 31.6 Å². The summed E-state index contributed by atoms with van der Waals surface area (Å²) in [6, 6.07) is 0. The minimum absolute atomic E-state index is 0.0291. The third-order valence-electron chi connectivity index (χ3n) is 15.7. The Hall–Kier alpha value is -0.420. The fourth-order valence-corrected chi connectivity index (χ4v) is 12.9. The maximum atomic E-state index is 11.1. The van der Waals surface area contributed by atoms with Gasteiger partial charge in [0.05, 0.1) is 12.7 Å². The molecule has 0 aromatic heterocycles. The van der Waals surface area contributed by atoms with Crippen molar-refractivity contribution < 1.29 is 9.84 Å². The van der Waals surface area contributed by atoms with Crippen LogP contribution in [-0.2, 0) is 4.74 Å². The summed E-state index contributed by atoms with van der Waals surface area (Å²) in [7, 11) is 2.28. The number of fused-ring (bicyclic) bond motifs is 6. The maximum Gasteiger partial charge on any atom is 0.154 e. The van der Waals surface area contributed by atoms with Crippen LogP contribution in [-0.4, -0.2) is 66.6 Å². The van der Waals surface area contributed by atoms with Gasteiger partial charge < -0.3 is 14.7 Å². The number of ether oxygens (including phenoxy) is 1. The molecular weight excluding hydrogens is 492 g/mol. The van der Waals surface area contributed by atoms with E-state index in [1.807, 2.05) is 11.1 Å². The first-order valence-electron chi connectivity index (χ1n) is 17.1. The zero-order chi connectivity index (χ0) is 28.6. The van der Waals surface area contributed by atoms with Crippen LogP contribution >= 0.6 is 0 Å². The van der Waals surface area contributed by atoms with Crippen LogP contribution in [0.15, 0.2) is 11.1 Å². The lowest BCUT2D eigenvalue weighted by atomic mass is 9.34. The number of aliphatic hydroxyl groups excluding tert-OH is 1. The van der Waals surface area contributed by atoms with Crippen molar-refractivity contribution in [2.45, 2.75) is 131 Å². The molecule has 0 aromatic carbocycles. The highest BCUT2D eigenvalue weighted by atomic mass is 16.6. The number of epoxide rings is 1. The van der Waals surface area contributed by atoms with Gasteiger partial charge in [0.15, 0.2) is 5.72 Å². The lowest BCUT2D eigenvalue weighted by Gasteiger charge is -2.71. The smallest absolute Gasteiger partial charge is 0.154 e. The van der Waals surface area contributed by atoms with Crippen molar-refractivity contribution in [1.82, 2.24) is 9.80 Å². The monoisotopic (exact) mass is 552 g/mol. The van der Waals surface area contributed by atoms with Gasteiger partial charge in [-0.2, -0.15) is 0 Å². The average molecular weight is 553 g/mol. The molecule has 0 spiro atoms. The number of rotatable bonds is 2. The molecule has 40 heavy (non-hydrogen) atoms. The highest BCUT2D eigenvalue weighted by molar-refractivity contribution is 5.42. The molecule has 7 aliphatic rings. The van der Waals surface area contributed by atoms with Gasteiger partial charge in [-0.1, -0.05) is 59.6 Å². The van der Waals surface area contributed by atoms with E-state index >= 15 is 0 Å². The molecule has 7 rings (SSSR count). The van der Waals surface area contributed by atoms with Crippen molar-refractivity contribution in [2.75, 3.05) is 39.8 Å². The number of hydrogen-bond acceptors (Lipinski definition) is 4.